The second-order valence-electron chi connectivity index (χ2n) is 9.29. The standard InChI is InChI=1S/C21H30F3N3O2S/c1-21(2,3)30(29)26-19(9-12-8-17(23)18(24)10-16(12)22)13-6-14-4-5-15(7-13)27(14)20(28)11-25/h8,10,13-15,19,26H,4-7,9,11,25H2,1-3H3/t13?,14?,15?,19-,30?/m1/s1. The van der Waals surface area contributed by atoms with Gasteiger partial charge in [0.25, 0.3) is 0 Å². The molecule has 2 saturated heterocycles. The third kappa shape index (κ3) is 4.95. The van der Waals surface area contributed by atoms with Gasteiger partial charge in [-0.25, -0.2) is 13.2 Å². The third-order valence-corrected chi connectivity index (χ3v) is 7.77. The maximum atomic E-state index is 14.3. The molecule has 2 aliphatic heterocycles. The highest BCUT2D eigenvalue weighted by Gasteiger charge is 2.46. The highest BCUT2D eigenvalue weighted by molar-refractivity contribution is 7.90. The summed E-state index contributed by atoms with van der Waals surface area (Å²) in [6, 6.07) is 1.12. The van der Waals surface area contributed by atoms with Crippen LogP contribution in [0.25, 0.3) is 0 Å². The van der Waals surface area contributed by atoms with Gasteiger partial charge in [0.05, 0.1) is 12.6 Å². The molecule has 3 N–H and O–H groups in total. The van der Waals surface area contributed by atoms with Crippen molar-refractivity contribution in [1.29, 1.82) is 0 Å². The van der Waals surface area contributed by atoms with Crippen molar-refractivity contribution in [1.82, 2.24) is 9.62 Å². The molecule has 1 amide bonds. The van der Waals surface area contributed by atoms with Crippen LogP contribution in [0.15, 0.2) is 12.1 Å². The molecule has 4 atom stereocenters. The van der Waals surface area contributed by atoms with Gasteiger partial charge in [-0.2, -0.15) is 0 Å². The maximum Gasteiger partial charge on any atom is 0.236 e. The highest BCUT2D eigenvalue weighted by atomic mass is 32.2. The first-order valence-corrected chi connectivity index (χ1v) is 11.5. The molecule has 30 heavy (non-hydrogen) atoms. The summed E-state index contributed by atoms with van der Waals surface area (Å²) in [5.41, 5.74) is 5.60. The fraction of sp³-hybridized carbons (Fsp3) is 0.667. The quantitative estimate of drug-likeness (QED) is 0.521. The van der Waals surface area contributed by atoms with E-state index in [4.69, 9.17) is 5.73 Å². The summed E-state index contributed by atoms with van der Waals surface area (Å²) in [4.78, 5) is 14.1. The van der Waals surface area contributed by atoms with Crippen LogP contribution in [0.2, 0.25) is 0 Å². The van der Waals surface area contributed by atoms with E-state index in [2.05, 4.69) is 4.72 Å². The number of piperidine rings is 1. The molecule has 2 aliphatic rings. The molecule has 0 saturated carbocycles. The average molecular weight is 446 g/mol. The monoisotopic (exact) mass is 445 g/mol. The molecule has 0 spiro atoms. The van der Waals surface area contributed by atoms with Gasteiger partial charge in [-0.15, -0.1) is 4.72 Å². The number of amides is 1. The molecule has 0 aliphatic carbocycles. The van der Waals surface area contributed by atoms with Crippen LogP contribution in [0.1, 0.15) is 52.0 Å². The van der Waals surface area contributed by atoms with E-state index in [-0.39, 0.29) is 42.4 Å². The Hall–Kier alpha value is -1.29. The van der Waals surface area contributed by atoms with E-state index in [1.54, 1.807) is 0 Å². The van der Waals surface area contributed by atoms with Crippen LogP contribution in [0.3, 0.4) is 0 Å². The largest absolute Gasteiger partial charge is 0.598 e. The molecule has 1 aromatic carbocycles. The zero-order valence-electron chi connectivity index (χ0n) is 17.6. The number of nitrogens with zero attached hydrogens (tertiary/aromatic N) is 1. The van der Waals surface area contributed by atoms with Crippen molar-refractivity contribution in [2.45, 2.75) is 75.7 Å². The Morgan fingerprint density at radius 2 is 1.77 bits per heavy atom. The van der Waals surface area contributed by atoms with Crippen LogP contribution < -0.4 is 10.5 Å². The minimum Gasteiger partial charge on any atom is -0.598 e. The van der Waals surface area contributed by atoms with Gasteiger partial charge >= 0.3 is 0 Å². The molecule has 2 bridgehead atoms. The second-order valence-corrected chi connectivity index (χ2v) is 11.3. The van der Waals surface area contributed by atoms with Gasteiger partial charge in [-0.1, -0.05) is 0 Å². The predicted molar refractivity (Wildman–Crippen MR) is 110 cm³/mol. The fourth-order valence-electron chi connectivity index (χ4n) is 4.64. The van der Waals surface area contributed by atoms with Gasteiger partial charge in [-0.3, -0.25) is 4.79 Å². The lowest BCUT2D eigenvalue weighted by Crippen LogP contribution is -2.54. The number of nitrogens with one attached hydrogen (secondary N) is 1. The number of hydrogen-bond donors (Lipinski definition) is 2. The molecule has 2 fully saturated rings. The van der Waals surface area contributed by atoms with Crippen molar-refractivity contribution in [3.63, 3.8) is 0 Å². The first-order chi connectivity index (χ1) is 14.0. The lowest BCUT2D eigenvalue weighted by Gasteiger charge is -2.42. The molecule has 0 radical (unpaired) electrons. The maximum absolute atomic E-state index is 14.3. The molecule has 1 aromatic rings. The highest BCUT2D eigenvalue weighted by Crippen LogP contribution is 2.41. The number of halogens is 3. The number of hydrogen-bond acceptors (Lipinski definition) is 4. The number of carbonyl (C=O) groups is 1. The summed E-state index contributed by atoms with van der Waals surface area (Å²) in [5, 5.41) is 0. The first-order valence-electron chi connectivity index (χ1n) is 10.3. The molecule has 3 rings (SSSR count). The first kappa shape index (κ1) is 23.4. The van der Waals surface area contributed by atoms with Crippen molar-refractivity contribution in [2.24, 2.45) is 11.7 Å². The van der Waals surface area contributed by atoms with Crippen LogP contribution in [0.4, 0.5) is 13.2 Å². The predicted octanol–water partition coefficient (Wildman–Crippen LogP) is 2.80. The molecular formula is C21H30F3N3O2S. The van der Waals surface area contributed by atoms with Gasteiger partial charge in [0.1, 0.15) is 10.6 Å². The van der Waals surface area contributed by atoms with Gasteiger partial charge in [0.15, 0.2) is 11.6 Å². The summed E-state index contributed by atoms with van der Waals surface area (Å²) >= 11 is -1.42. The summed E-state index contributed by atoms with van der Waals surface area (Å²) < 4.78 is 56.8. The minimum atomic E-state index is -1.42. The number of fused-ring (bicyclic) bond motifs is 2. The topological polar surface area (TPSA) is 81.4 Å². The van der Waals surface area contributed by atoms with Gasteiger partial charge < -0.3 is 15.2 Å². The van der Waals surface area contributed by atoms with E-state index in [1.165, 1.54) is 0 Å². The second kappa shape index (κ2) is 9.06. The summed E-state index contributed by atoms with van der Waals surface area (Å²) in [6.45, 7) is 5.46. The molecular weight excluding hydrogens is 415 g/mol. The van der Waals surface area contributed by atoms with Crippen LogP contribution in [-0.2, 0) is 22.6 Å². The molecule has 2 heterocycles. The third-order valence-electron chi connectivity index (χ3n) is 6.14. The van der Waals surface area contributed by atoms with Crippen LogP contribution >= 0.6 is 0 Å². The van der Waals surface area contributed by atoms with Gasteiger partial charge in [-0.05, 0) is 70.4 Å². The average Bonchev–Trinajstić information content (AvgIpc) is 2.93. The Morgan fingerprint density at radius 3 is 2.30 bits per heavy atom. The Kier molecular flexibility index (Phi) is 7.06. The van der Waals surface area contributed by atoms with E-state index in [0.717, 1.165) is 18.9 Å². The van der Waals surface area contributed by atoms with Crippen LogP contribution in [0.5, 0.6) is 0 Å². The van der Waals surface area contributed by atoms with Gasteiger partial charge in [0, 0.05) is 29.5 Å². The lowest BCUT2D eigenvalue weighted by atomic mass is 9.82. The smallest absolute Gasteiger partial charge is 0.236 e. The van der Waals surface area contributed by atoms with E-state index in [9.17, 15) is 22.5 Å². The van der Waals surface area contributed by atoms with Crippen LogP contribution in [0, 0.1) is 23.4 Å². The minimum absolute atomic E-state index is 0.0168. The summed E-state index contributed by atoms with van der Waals surface area (Å²) in [7, 11) is 0. The fourth-order valence-corrected chi connectivity index (χ4v) is 5.54. The van der Waals surface area contributed by atoms with Crippen molar-refractivity contribution in [3.05, 3.63) is 35.1 Å². The van der Waals surface area contributed by atoms with E-state index < -0.39 is 39.6 Å². The van der Waals surface area contributed by atoms with Crippen molar-refractivity contribution >= 4 is 17.3 Å². The molecule has 5 nitrogen and oxygen atoms in total. The molecule has 3 unspecified atom stereocenters. The zero-order valence-corrected chi connectivity index (χ0v) is 18.4. The normalized spacial score (nSPS) is 26.0. The zero-order chi connectivity index (χ0) is 22.2. The molecule has 9 heteroatoms. The summed E-state index contributed by atoms with van der Waals surface area (Å²) in [6.07, 6.45) is 3.18. The SMILES string of the molecule is CC(C)(C)[S+]([O-])N[C@H](Cc1cc(F)c(F)cc1F)C1CC2CCC(C1)N2C(=O)CN. The number of carbonyl (C=O) groups excluding carboxylic acids is 1. The summed E-state index contributed by atoms with van der Waals surface area (Å²) in [5.74, 6) is -3.21. The lowest BCUT2D eigenvalue weighted by molar-refractivity contribution is -0.135. The number of nitrogens with two attached hydrogens (primary N) is 1. The molecule has 168 valence electrons. The Morgan fingerprint density at radius 1 is 1.20 bits per heavy atom. The number of rotatable bonds is 6. The van der Waals surface area contributed by atoms with E-state index in [1.807, 2.05) is 25.7 Å². The number of benzene rings is 1. The Bertz CT molecular complexity index is 775. The van der Waals surface area contributed by atoms with E-state index >= 15 is 0 Å². The van der Waals surface area contributed by atoms with Crippen LogP contribution in [-0.4, -0.2) is 44.8 Å². The van der Waals surface area contributed by atoms with Crippen molar-refractivity contribution < 1.29 is 22.5 Å². The van der Waals surface area contributed by atoms with Gasteiger partial charge in [0.2, 0.25) is 5.91 Å². The Balaban J connectivity index is 1.84. The van der Waals surface area contributed by atoms with Crippen molar-refractivity contribution in [3.8, 4) is 0 Å². The Labute approximate surface area is 178 Å². The van der Waals surface area contributed by atoms with E-state index in [0.29, 0.717) is 18.9 Å². The van der Waals surface area contributed by atoms with Crippen molar-refractivity contribution in [2.75, 3.05) is 6.54 Å². The molecule has 0 aromatic heterocycles.